The quantitative estimate of drug-likeness (QED) is 0.515. The molecule has 5 nitrogen and oxygen atoms in total. The molecule has 1 saturated heterocycles. The minimum Gasteiger partial charge on any atom is -0.317 e. The SMILES string of the molecule is CN1C(=O)NC(C=O)(CCc2ccc(Cl)cc2)C1=O. The molecular formula is C13H13ClN2O3. The number of likely N-dealkylation sites (N-methyl/N-ethyl adjacent to an activating group) is 1. The standard InChI is InChI=1S/C13H13ClN2O3/c1-16-11(18)13(8-17,15-12(16)19)7-6-9-2-4-10(14)5-3-9/h2-5,8H,6-7H2,1H3,(H,15,19). The van der Waals surface area contributed by atoms with Crippen LogP contribution < -0.4 is 5.32 Å². The predicted molar refractivity (Wildman–Crippen MR) is 69.9 cm³/mol. The summed E-state index contributed by atoms with van der Waals surface area (Å²) in [6, 6.07) is 6.59. The number of rotatable bonds is 4. The van der Waals surface area contributed by atoms with Crippen molar-refractivity contribution >= 4 is 29.8 Å². The topological polar surface area (TPSA) is 66.5 Å². The molecule has 1 fully saturated rings. The van der Waals surface area contributed by atoms with Gasteiger partial charge in [-0.15, -0.1) is 0 Å². The first-order valence-electron chi connectivity index (χ1n) is 5.79. The van der Waals surface area contributed by atoms with Crippen molar-refractivity contribution in [3.8, 4) is 0 Å². The minimum absolute atomic E-state index is 0.229. The largest absolute Gasteiger partial charge is 0.325 e. The smallest absolute Gasteiger partial charge is 0.317 e. The molecule has 1 aromatic rings. The zero-order valence-corrected chi connectivity index (χ0v) is 11.1. The van der Waals surface area contributed by atoms with Gasteiger partial charge in [0.1, 0.15) is 0 Å². The van der Waals surface area contributed by atoms with E-state index in [0.717, 1.165) is 10.5 Å². The molecule has 1 aliphatic rings. The van der Waals surface area contributed by atoms with Crippen LogP contribution in [0.15, 0.2) is 24.3 Å². The first kappa shape index (κ1) is 13.5. The van der Waals surface area contributed by atoms with Crippen LogP contribution in [0.1, 0.15) is 12.0 Å². The van der Waals surface area contributed by atoms with E-state index in [2.05, 4.69) is 5.32 Å². The van der Waals surface area contributed by atoms with Gasteiger partial charge in [-0.05, 0) is 30.5 Å². The highest BCUT2D eigenvalue weighted by Crippen LogP contribution is 2.21. The number of benzene rings is 1. The molecule has 100 valence electrons. The van der Waals surface area contributed by atoms with Crippen molar-refractivity contribution in [2.45, 2.75) is 18.4 Å². The second-order valence-electron chi connectivity index (χ2n) is 4.51. The fraction of sp³-hybridized carbons (Fsp3) is 0.308. The van der Waals surface area contributed by atoms with Crippen LogP contribution in [0.4, 0.5) is 4.79 Å². The summed E-state index contributed by atoms with van der Waals surface area (Å²) in [7, 11) is 1.35. The van der Waals surface area contributed by atoms with Crippen LogP contribution in [-0.2, 0) is 16.0 Å². The van der Waals surface area contributed by atoms with E-state index in [-0.39, 0.29) is 6.42 Å². The van der Waals surface area contributed by atoms with Crippen molar-refractivity contribution in [2.75, 3.05) is 7.05 Å². The molecular weight excluding hydrogens is 268 g/mol. The Kier molecular flexibility index (Phi) is 3.57. The van der Waals surface area contributed by atoms with E-state index in [1.807, 2.05) is 12.1 Å². The van der Waals surface area contributed by atoms with Crippen LogP contribution in [0.25, 0.3) is 0 Å². The highest BCUT2D eigenvalue weighted by molar-refractivity contribution is 6.30. The molecule has 1 unspecified atom stereocenters. The lowest BCUT2D eigenvalue weighted by molar-refractivity contribution is -0.134. The normalized spacial score (nSPS) is 22.5. The van der Waals surface area contributed by atoms with Crippen molar-refractivity contribution in [1.82, 2.24) is 10.2 Å². The lowest BCUT2D eigenvalue weighted by atomic mass is 9.93. The first-order valence-corrected chi connectivity index (χ1v) is 6.17. The average Bonchev–Trinajstić information content (AvgIpc) is 2.63. The van der Waals surface area contributed by atoms with Crippen molar-refractivity contribution in [3.63, 3.8) is 0 Å². The molecule has 0 radical (unpaired) electrons. The molecule has 2 rings (SSSR count). The van der Waals surface area contributed by atoms with Crippen LogP contribution in [0.3, 0.4) is 0 Å². The fourth-order valence-corrected chi connectivity index (χ4v) is 2.15. The summed E-state index contributed by atoms with van der Waals surface area (Å²) >= 11 is 5.78. The predicted octanol–water partition coefficient (Wildman–Crippen LogP) is 1.39. The number of amides is 3. The summed E-state index contributed by atoms with van der Waals surface area (Å²) in [6.45, 7) is 0. The molecule has 6 heteroatoms. The van der Waals surface area contributed by atoms with Gasteiger partial charge in [0, 0.05) is 12.1 Å². The molecule has 1 atom stereocenters. The Morgan fingerprint density at radius 3 is 2.42 bits per heavy atom. The second-order valence-corrected chi connectivity index (χ2v) is 4.95. The van der Waals surface area contributed by atoms with Crippen LogP contribution in [0, 0.1) is 0 Å². The lowest BCUT2D eigenvalue weighted by Gasteiger charge is -2.19. The number of aryl methyl sites for hydroxylation is 1. The number of nitrogens with zero attached hydrogens (tertiary/aromatic N) is 1. The summed E-state index contributed by atoms with van der Waals surface area (Å²) < 4.78 is 0. The fourth-order valence-electron chi connectivity index (χ4n) is 2.02. The summed E-state index contributed by atoms with van der Waals surface area (Å²) in [6.07, 6.45) is 1.23. The summed E-state index contributed by atoms with van der Waals surface area (Å²) in [5.74, 6) is -0.513. The maximum atomic E-state index is 11.9. The van der Waals surface area contributed by atoms with E-state index < -0.39 is 17.5 Å². The molecule has 0 bridgehead atoms. The number of carbonyl (C=O) groups is 3. The Balaban J connectivity index is 2.12. The molecule has 1 N–H and O–H groups in total. The Hall–Kier alpha value is -1.88. The number of hydrogen-bond acceptors (Lipinski definition) is 3. The second kappa shape index (κ2) is 5.01. The average molecular weight is 281 g/mol. The number of hydrogen-bond donors (Lipinski definition) is 1. The minimum atomic E-state index is -1.44. The number of urea groups is 1. The van der Waals surface area contributed by atoms with Gasteiger partial charge in [0.2, 0.25) is 0 Å². The number of aldehydes is 1. The molecule has 3 amide bonds. The van der Waals surface area contributed by atoms with E-state index in [1.54, 1.807) is 12.1 Å². The Bertz CT molecular complexity index is 529. The molecule has 19 heavy (non-hydrogen) atoms. The van der Waals surface area contributed by atoms with Crippen molar-refractivity contribution in [2.24, 2.45) is 0 Å². The van der Waals surface area contributed by atoms with Crippen LogP contribution >= 0.6 is 11.6 Å². The third kappa shape index (κ3) is 2.46. The van der Waals surface area contributed by atoms with Gasteiger partial charge >= 0.3 is 6.03 Å². The van der Waals surface area contributed by atoms with Gasteiger partial charge in [-0.25, -0.2) is 4.79 Å². The number of halogens is 1. The molecule has 0 aromatic heterocycles. The molecule has 1 heterocycles. The van der Waals surface area contributed by atoms with Crippen molar-refractivity contribution < 1.29 is 14.4 Å². The summed E-state index contributed by atoms with van der Waals surface area (Å²) in [5.41, 5.74) is -0.493. The molecule has 1 aliphatic heterocycles. The number of nitrogens with one attached hydrogen (secondary N) is 1. The lowest BCUT2D eigenvalue weighted by Crippen LogP contribution is -2.48. The molecule has 0 spiro atoms. The Morgan fingerprint density at radius 2 is 1.95 bits per heavy atom. The molecule has 0 saturated carbocycles. The van der Waals surface area contributed by atoms with Crippen LogP contribution in [0.2, 0.25) is 5.02 Å². The maximum absolute atomic E-state index is 11.9. The van der Waals surface area contributed by atoms with Crippen LogP contribution in [0.5, 0.6) is 0 Å². The third-order valence-corrected chi connectivity index (χ3v) is 3.50. The maximum Gasteiger partial charge on any atom is 0.325 e. The summed E-state index contributed by atoms with van der Waals surface area (Å²) in [5, 5.41) is 3.07. The highest BCUT2D eigenvalue weighted by Gasteiger charge is 2.49. The number of imide groups is 1. The molecule has 0 aliphatic carbocycles. The monoisotopic (exact) mass is 280 g/mol. The van der Waals surface area contributed by atoms with Gasteiger partial charge in [0.15, 0.2) is 11.8 Å². The van der Waals surface area contributed by atoms with Gasteiger partial charge in [-0.3, -0.25) is 9.69 Å². The van der Waals surface area contributed by atoms with Gasteiger partial charge in [-0.1, -0.05) is 23.7 Å². The Morgan fingerprint density at radius 1 is 1.32 bits per heavy atom. The van der Waals surface area contributed by atoms with Crippen molar-refractivity contribution in [3.05, 3.63) is 34.9 Å². The van der Waals surface area contributed by atoms with E-state index >= 15 is 0 Å². The van der Waals surface area contributed by atoms with Gasteiger partial charge in [0.05, 0.1) is 0 Å². The van der Waals surface area contributed by atoms with Crippen LogP contribution in [-0.4, -0.2) is 35.7 Å². The summed E-state index contributed by atoms with van der Waals surface area (Å²) in [4.78, 5) is 35.5. The van der Waals surface area contributed by atoms with Gasteiger partial charge in [0.25, 0.3) is 5.91 Å². The van der Waals surface area contributed by atoms with Gasteiger partial charge in [-0.2, -0.15) is 0 Å². The highest BCUT2D eigenvalue weighted by atomic mass is 35.5. The molecule has 1 aromatic carbocycles. The zero-order chi connectivity index (χ0) is 14.0. The van der Waals surface area contributed by atoms with Gasteiger partial charge < -0.3 is 10.1 Å². The first-order chi connectivity index (χ1) is 8.98. The number of carbonyl (C=O) groups excluding carboxylic acids is 3. The Labute approximate surface area is 115 Å². The third-order valence-electron chi connectivity index (χ3n) is 3.24. The van der Waals surface area contributed by atoms with E-state index in [4.69, 9.17) is 11.6 Å². The van der Waals surface area contributed by atoms with E-state index in [0.29, 0.717) is 17.7 Å². The van der Waals surface area contributed by atoms with E-state index in [9.17, 15) is 14.4 Å². The van der Waals surface area contributed by atoms with Crippen molar-refractivity contribution in [1.29, 1.82) is 0 Å². The van der Waals surface area contributed by atoms with E-state index in [1.165, 1.54) is 7.05 Å². The zero-order valence-electron chi connectivity index (χ0n) is 10.4.